The van der Waals surface area contributed by atoms with E-state index >= 15 is 0 Å². The molecule has 2 aromatic rings. The van der Waals surface area contributed by atoms with Crippen molar-refractivity contribution in [1.82, 2.24) is 4.72 Å². The van der Waals surface area contributed by atoms with E-state index in [9.17, 15) is 9.90 Å². The van der Waals surface area contributed by atoms with E-state index in [4.69, 9.17) is 4.74 Å². The molecule has 0 saturated heterocycles. The van der Waals surface area contributed by atoms with E-state index in [1.165, 1.54) is 4.88 Å². The van der Waals surface area contributed by atoms with Gasteiger partial charge in [-0.1, -0.05) is 26.7 Å². The summed E-state index contributed by atoms with van der Waals surface area (Å²) in [5, 5.41) is 9.91. The number of carbonyl (C=O) groups is 1. The first-order chi connectivity index (χ1) is 11.9. The number of carboxylic acid groups (broad SMARTS) is 1. The molecular weight excluding hydrogens is 354 g/mol. The number of thiol groups is 1. The zero-order chi connectivity index (χ0) is 18.2. The lowest BCUT2D eigenvalue weighted by molar-refractivity contribution is 0.0696. The van der Waals surface area contributed by atoms with Crippen LogP contribution in [0, 0.1) is 5.41 Å². The van der Waals surface area contributed by atoms with Gasteiger partial charge in [0.05, 0.1) is 12.7 Å². The molecule has 0 spiro atoms. The van der Waals surface area contributed by atoms with Crippen LogP contribution in [0.15, 0.2) is 18.2 Å². The number of hydrogen-bond acceptors (Lipinski definition) is 5. The molecule has 0 radical (unpaired) electrons. The molecule has 1 aromatic carbocycles. The molecule has 1 aliphatic carbocycles. The van der Waals surface area contributed by atoms with Gasteiger partial charge < -0.3 is 9.84 Å². The van der Waals surface area contributed by atoms with Gasteiger partial charge in [-0.05, 0) is 59.6 Å². The summed E-state index contributed by atoms with van der Waals surface area (Å²) in [5.41, 5.74) is 3.56. The first-order valence-corrected chi connectivity index (χ1v) is 9.55. The highest BCUT2D eigenvalue weighted by atomic mass is 32.1. The Bertz CT molecular complexity index is 811. The van der Waals surface area contributed by atoms with Crippen LogP contribution in [0.5, 0.6) is 5.75 Å². The molecular formula is C19H23NO3S2. The normalized spacial score (nSPS) is 15.7. The van der Waals surface area contributed by atoms with Crippen LogP contribution in [0.25, 0.3) is 10.4 Å². The van der Waals surface area contributed by atoms with Gasteiger partial charge in [-0.2, -0.15) is 0 Å². The summed E-state index contributed by atoms with van der Waals surface area (Å²) in [6.45, 7) is 4.95. The average Bonchev–Trinajstić information content (AvgIpc) is 2.92. The Morgan fingerprint density at radius 3 is 2.84 bits per heavy atom. The van der Waals surface area contributed by atoms with E-state index in [2.05, 4.69) is 31.4 Å². The smallest absolute Gasteiger partial charge is 0.337 e. The molecule has 1 heterocycles. The second kappa shape index (κ2) is 7.02. The Kier molecular flexibility index (Phi) is 5.14. The second-order valence-electron chi connectivity index (χ2n) is 7.21. The summed E-state index contributed by atoms with van der Waals surface area (Å²) in [4.78, 5) is 14.1. The van der Waals surface area contributed by atoms with Crippen LogP contribution in [-0.2, 0) is 19.4 Å². The Morgan fingerprint density at radius 1 is 1.44 bits per heavy atom. The molecule has 0 unspecified atom stereocenters. The minimum atomic E-state index is -0.842. The maximum Gasteiger partial charge on any atom is 0.337 e. The van der Waals surface area contributed by atoms with Gasteiger partial charge in [0.2, 0.25) is 0 Å². The summed E-state index contributed by atoms with van der Waals surface area (Å²) < 4.78 is 8.18. The summed E-state index contributed by atoms with van der Waals surface area (Å²) in [7, 11) is 1.63. The zero-order valence-electron chi connectivity index (χ0n) is 14.7. The second-order valence-corrected chi connectivity index (χ2v) is 8.63. The Labute approximate surface area is 157 Å². The standard InChI is InChI=1S/C19H23NO3S2/c1-19(2)7-6-15-14(9-19)16(18(21)22)17(25-15)13-5-4-12(23-3)8-11(13)10-20-24/h4-5,8,20,24H,6-7,9-10H2,1-3H3,(H,21,22). The molecule has 0 fully saturated rings. The summed E-state index contributed by atoms with van der Waals surface area (Å²) in [5.74, 6) is -0.0903. The van der Waals surface area contributed by atoms with Crippen LogP contribution in [0.3, 0.4) is 0 Å². The van der Waals surface area contributed by atoms with E-state index in [1.54, 1.807) is 18.4 Å². The highest BCUT2D eigenvalue weighted by Gasteiger charge is 2.33. The van der Waals surface area contributed by atoms with Crippen molar-refractivity contribution in [3.05, 3.63) is 39.8 Å². The SMILES string of the molecule is COc1ccc(-c2sc3c(c2C(=O)O)CC(C)(C)CC3)c(CNS)c1. The summed E-state index contributed by atoms with van der Waals surface area (Å²) in [6.07, 6.45) is 2.85. The topological polar surface area (TPSA) is 58.6 Å². The molecule has 6 heteroatoms. The Morgan fingerprint density at radius 2 is 2.20 bits per heavy atom. The highest BCUT2D eigenvalue weighted by Crippen LogP contribution is 2.46. The van der Waals surface area contributed by atoms with Gasteiger partial charge in [0.1, 0.15) is 5.75 Å². The number of aromatic carboxylic acids is 1. The minimum Gasteiger partial charge on any atom is -0.497 e. The average molecular weight is 378 g/mol. The van der Waals surface area contributed by atoms with Crippen molar-refractivity contribution in [2.24, 2.45) is 5.41 Å². The number of thiophene rings is 1. The van der Waals surface area contributed by atoms with Gasteiger partial charge in [0, 0.05) is 16.3 Å². The van der Waals surface area contributed by atoms with E-state index < -0.39 is 5.97 Å². The number of ether oxygens (including phenoxy) is 1. The largest absolute Gasteiger partial charge is 0.497 e. The molecule has 0 aliphatic heterocycles. The van der Waals surface area contributed by atoms with Crippen LogP contribution in [-0.4, -0.2) is 18.2 Å². The van der Waals surface area contributed by atoms with Crippen molar-refractivity contribution in [3.8, 4) is 16.2 Å². The number of nitrogens with one attached hydrogen (secondary N) is 1. The predicted octanol–water partition coefficient (Wildman–Crippen LogP) is 4.57. The number of fused-ring (bicyclic) bond motifs is 1. The maximum absolute atomic E-state index is 12.1. The van der Waals surface area contributed by atoms with Crippen molar-refractivity contribution >= 4 is 30.1 Å². The molecule has 0 atom stereocenters. The lowest BCUT2D eigenvalue weighted by Gasteiger charge is -2.29. The van der Waals surface area contributed by atoms with Gasteiger partial charge in [0.15, 0.2) is 0 Å². The van der Waals surface area contributed by atoms with Crippen molar-refractivity contribution in [1.29, 1.82) is 0 Å². The van der Waals surface area contributed by atoms with Crippen molar-refractivity contribution in [2.75, 3.05) is 7.11 Å². The fourth-order valence-electron chi connectivity index (χ4n) is 3.49. The molecule has 4 nitrogen and oxygen atoms in total. The van der Waals surface area contributed by atoms with E-state index in [0.29, 0.717) is 12.1 Å². The Hall–Kier alpha value is -1.50. The fraction of sp³-hybridized carbons (Fsp3) is 0.421. The van der Waals surface area contributed by atoms with E-state index in [1.807, 2.05) is 18.2 Å². The predicted molar refractivity (Wildman–Crippen MR) is 105 cm³/mol. The summed E-state index contributed by atoms with van der Waals surface area (Å²) >= 11 is 5.74. The molecule has 1 aliphatic rings. The first kappa shape index (κ1) is 18.3. The monoisotopic (exact) mass is 377 g/mol. The van der Waals surface area contributed by atoms with Crippen LogP contribution in [0.1, 0.15) is 46.6 Å². The quantitative estimate of drug-likeness (QED) is 0.668. The fourth-order valence-corrected chi connectivity index (χ4v) is 5.03. The van der Waals surface area contributed by atoms with Crippen molar-refractivity contribution in [2.45, 2.75) is 39.7 Å². The number of benzene rings is 1. The first-order valence-electron chi connectivity index (χ1n) is 8.28. The van der Waals surface area contributed by atoms with Crippen LogP contribution in [0.2, 0.25) is 0 Å². The third-order valence-electron chi connectivity index (χ3n) is 4.82. The van der Waals surface area contributed by atoms with Crippen LogP contribution in [0.4, 0.5) is 0 Å². The number of methoxy groups -OCH3 is 1. The molecule has 0 amide bonds. The molecule has 1 aromatic heterocycles. The van der Waals surface area contributed by atoms with Gasteiger partial charge in [0.25, 0.3) is 0 Å². The van der Waals surface area contributed by atoms with E-state index in [-0.39, 0.29) is 5.41 Å². The van der Waals surface area contributed by atoms with Gasteiger partial charge in [-0.25, -0.2) is 4.79 Å². The van der Waals surface area contributed by atoms with Gasteiger partial charge in [-0.3, -0.25) is 4.72 Å². The molecule has 2 N–H and O–H groups in total. The van der Waals surface area contributed by atoms with Crippen LogP contribution < -0.4 is 9.46 Å². The number of aryl methyl sites for hydroxylation is 1. The molecule has 0 bridgehead atoms. The van der Waals surface area contributed by atoms with Crippen LogP contribution >= 0.6 is 24.2 Å². The highest BCUT2D eigenvalue weighted by molar-refractivity contribution is 7.78. The number of rotatable bonds is 5. The molecule has 25 heavy (non-hydrogen) atoms. The maximum atomic E-state index is 12.1. The third-order valence-corrected chi connectivity index (χ3v) is 6.30. The third kappa shape index (κ3) is 3.57. The summed E-state index contributed by atoms with van der Waals surface area (Å²) in [6, 6.07) is 5.77. The Balaban J connectivity index is 2.18. The lowest BCUT2D eigenvalue weighted by Crippen LogP contribution is -2.22. The number of carboxylic acids is 1. The van der Waals surface area contributed by atoms with Crippen molar-refractivity contribution < 1.29 is 14.6 Å². The molecule has 134 valence electrons. The zero-order valence-corrected chi connectivity index (χ0v) is 16.4. The lowest BCUT2D eigenvalue weighted by atomic mass is 9.76. The molecule has 3 rings (SSSR count). The number of hydrogen-bond donors (Lipinski definition) is 3. The van der Waals surface area contributed by atoms with Gasteiger partial charge in [-0.15, -0.1) is 11.3 Å². The van der Waals surface area contributed by atoms with Crippen molar-refractivity contribution in [3.63, 3.8) is 0 Å². The minimum absolute atomic E-state index is 0.144. The van der Waals surface area contributed by atoms with E-state index in [0.717, 1.165) is 46.6 Å². The molecule has 0 saturated carbocycles. The van der Waals surface area contributed by atoms with Gasteiger partial charge >= 0.3 is 5.97 Å².